The Balaban J connectivity index is 1.91. The maximum atomic E-state index is 10.9. The number of aliphatic carboxylic acids is 1. The van der Waals surface area contributed by atoms with Gasteiger partial charge in [-0.15, -0.1) is 0 Å². The molecule has 0 amide bonds. The van der Waals surface area contributed by atoms with Gasteiger partial charge in [0.1, 0.15) is 23.8 Å². The summed E-state index contributed by atoms with van der Waals surface area (Å²) in [6, 6.07) is 1.78. The Morgan fingerprint density at radius 2 is 2.21 bits per heavy atom. The molecule has 0 fully saturated rings. The fraction of sp³-hybridized carbons (Fsp3) is 0.333. The van der Waals surface area contributed by atoms with Crippen molar-refractivity contribution >= 4 is 34.4 Å². The van der Waals surface area contributed by atoms with Crippen LogP contribution in [-0.2, 0) is 24.4 Å². The van der Waals surface area contributed by atoms with Crippen molar-refractivity contribution < 1.29 is 9.90 Å². The Morgan fingerprint density at radius 1 is 1.42 bits per heavy atom. The number of carboxylic acid groups (broad SMARTS) is 1. The fourth-order valence-electron chi connectivity index (χ4n) is 2.71. The molecule has 0 bridgehead atoms. The molecule has 3 aromatic heterocycles. The molecule has 0 saturated carbocycles. The normalized spacial score (nSPS) is 11.1. The number of anilines is 1. The van der Waals surface area contributed by atoms with Crippen molar-refractivity contribution in [3.05, 3.63) is 35.3 Å². The summed E-state index contributed by atoms with van der Waals surface area (Å²) in [6.45, 7) is 5.19. The molecule has 0 aliphatic carbocycles. The quantitative estimate of drug-likeness (QED) is 0.663. The molecule has 0 atom stereocenters. The molecule has 8 nitrogen and oxygen atoms in total. The Kier molecular flexibility index (Phi) is 4.39. The van der Waals surface area contributed by atoms with E-state index >= 15 is 0 Å². The van der Waals surface area contributed by atoms with Gasteiger partial charge in [-0.25, -0.2) is 9.97 Å². The summed E-state index contributed by atoms with van der Waals surface area (Å²) in [5.74, 6) is 0.572. The third kappa shape index (κ3) is 3.05. The monoisotopic (exact) mass is 348 g/mol. The summed E-state index contributed by atoms with van der Waals surface area (Å²) in [4.78, 5) is 23.6. The number of carboxylic acids is 1. The van der Waals surface area contributed by atoms with Crippen molar-refractivity contribution in [2.75, 3.05) is 5.32 Å². The SMILES string of the molecule is CCn1c(CNc2nc(Cl)nc3c2ccn3CC(=O)O)cnc1C. The van der Waals surface area contributed by atoms with E-state index in [2.05, 4.69) is 31.8 Å². The minimum absolute atomic E-state index is 0.0653. The summed E-state index contributed by atoms with van der Waals surface area (Å²) in [6.07, 6.45) is 3.48. The Bertz CT molecular complexity index is 901. The third-order valence-electron chi connectivity index (χ3n) is 3.79. The number of aryl methyl sites for hydroxylation is 1. The summed E-state index contributed by atoms with van der Waals surface area (Å²) in [5, 5.41) is 13.0. The van der Waals surface area contributed by atoms with Crippen molar-refractivity contribution in [3.63, 3.8) is 0 Å². The average molecular weight is 349 g/mol. The molecular formula is C15H17ClN6O2. The second-order valence-corrected chi connectivity index (χ2v) is 5.65. The zero-order valence-corrected chi connectivity index (χ0v) is 14.1. The molecule has 24 heavy (non-hydrogen) atoms. The van der Waals surface area contributed by atoms with E-state index in [4.69, 9.17) is 16.7 Å². The molecule has 0 saturated heterocycles. The van der Waals surface area contributed by atoms with Gasteiger partial charge in [-0.05, 0) is 31.5 Å². The highest BCUT2D eigenvalue weighted by atomic mass is 35.5. The highest BCUT2D eigenvalue weighted by Gasteiger charge is 2.13. The van der Waals surface area contributed by atoms with Crippen LogP contribution in [0.1, 0.15) is 18.4 Å². The molecule has 2 N–H and O–H groups in total. The predicted octanol–water partition coefficient (Wildman–Crippen LogP) is 2.31. The number of halogens is 1. The molecule has 126 valence electrons. The van der Waals surface area contributed by atoms with E-state index in [-0.39, 0.29) is 11.8 Å². The van der Waals surface area contributed by atoms with Crippen molar-refractivity contribution in [2.24, 2.45) is 0 Å². The maximum Gasteiger partial charge on any atom is 0.323 e. The number of rotatable bonds is 6. The van der Waals surface area contributed by atoms with E-state index < -0.39 is 5.97 Å². The molecular weight excluding hydrogens is 332 g/mol. The first-order valence-corrected chi connectivity index (χ1v) is 7.86. The number of aromatic nitrogens is 5. The van der Waals surface area contributed by atoms with Crippen LogP contribution in [0.2, 0.25) is 5.28 Å². The zero-order valence-electron chi connectivity index (χ0n) is 13.3. The molecule has 9 heteroatoms. The van der Waals surface area contributed by atoms with Gasteiger partial charge < -0.3 is 19.6 Å². The van der Waals surface area contributed by atoms with Crippen LogP contribution in [0.3, 0.4) is 0 Å². The lowest BCUT2D eigenvalue weighted by molar-refractivity contribution is -0.137. The van der Waals surface area contributed by atoms with Crippen LogP contribution < -0.4 is 5.32 Å². The molecule has 0 unspecified atom stereocenters. The number of hydrogen-bond donors (Lipinski definition) is 2. The average Bonchev–Trinajstić information content (AvgIpc) is 3.08. The molecule has 3 heterocycles. The van der Waals surface area contributed by atoms with Gasteiger partial charge in [0.2, 0.25) is 5.28 Å². The number of nitrogens with one attached hydrogen (secondary N) is 1. The number of nitrogens with zero attached hydrogens (tertiary/aromatic N) is 5. The van der Waals surface area contributed by atoms with E-state index in [0.717, 1.165) is 23.4 Å². The molecule has 3 aromatic rings. The van der Waals surface area contributed by atoms with Gasteiger partial charge in [0, 0.05) is 12.7 Å². The van der Waals surface area contributed by atoms with E-state index in [1.165, 1.54) is 4.57 Å². The Morgan fingerprint density at radius 3 is 2.92 bits per heavy atom. The lowest BCUT2D eigenvalue weighted by Crippen LogP contribution is -2.10. The van der Waals surface area contributed by atoms with Gasteiger partial charge >= 0.3 is 5.97 Å². The minimum Gasteiger partial charge on any atom is -0.480 e. The molecule has 0 spiro atoms. The lowest BCUT2D eigenvalue weighted by Gasteiger charge is -2.10. The van der Waals surface area contributed by atoms with E-state index in [9.17, 15) is 4.79 Å². The number of imidazole rings is 1. The van der Waals surface area contributed by atoms with E-state index in [1.807, 2.05) is 13.1 Å². The van der Waals surface area contributed by atoms with Crippen molar-refractivity contribution in [1.82, 2.24) is 24.1 Å². The summed E-state index contributed by atoms with van der Waals surface area (Å²) >= 11 is 5.99. The zero-order chi connectivity index (χ0) is 17.3. The van der Waals surface area contributed by atoms with E-state index in [1.54, 1.807) is 12.3 Å². The predicted molar refractivity (Wildman–Crippen MR) is 90.1 cm³/mol. The third-order valence-corrected chi connectivity index (χ3v) is 3.96. The highest BCUT2D eigenvalue weighted by Crippen LogP contribution is 2.24. The van der Waals surface area contributed by atoms with E-state index in [0.29, 0.717) is 18.0 Å². The smallest absolute Gasteiger partial charge is 0.323 e. The van der Waals surface area contributed by atoms with Crippen LogP contribution in [0.15, 0.2) is 18.5 Å². The second kappa shape index (κ2) is 6.48. The topological polar surface area (TPSA) is 97.9 Å². The minimum atomic E-state index is -0.945. The molecule has 0 radical (unpaired) electrons. The van der Waals surface area contributed by atoms with Crippen molar-refractivity contribution in [3.8, 4) is 0 Å². The number of carbonyl (C=O) groups is 1. The van der Waals surface area contributed by atoms with Crippen LogP contribution in [0.4, 0.5) is 5.82 Å². The molecule has 0 aliphatic rings. The summed E-state index contributed by atoms with van der Waals surface area (Å²) < 4.78 is 3.62. The van der Waals surface area contributed by atoms with Gasteiger partial charge in [-0.1, -0.05) is 0 Å². The molecule has 0 aliphatic heterocycles. The standard InChI is InChI=1S/C15H17ClN6O2/c1-3-22-9(2)17-6-10(22)7-18-13-11-4-5-21(8-12(23)24)14(11)20-15(16)19-13/h4-6H,3,7-8H2,1-2H3,(H,23,24)(H,18,19,20). The van der Waals surface area contributed by atoms with Gasteiger partial charge in [-0.2, -0.15) is 4.98 Å². The van der Waals surface area contributed by atoms with Crippen LogP contribution in [-0.4, -0.2) is 35.2 Å². The summed E-state index contributed by atoms with van der Waals surface area (Å²) in [7, 11) is 0. The maximum absolute atomic E-state index is 10.9. The number of fused-ring (bicyclic) bond motifs is 1. The van der Waals surface area contributed by atoms with Crippen molar-refractivity contribution in [2.45, 2.75) is 33.5 Å². The largest absolute Gasteiger partial charge is 0.480 e. The summed E-state index contributed by atoms with van der Waals surface area (Å²) in [5.41, 5.74) is 1.52. The molecule has 0 aromatic carbocycles. The van der Waals surface area contributed by atoms with Crippen LogP contribution >= 0.6 is 11.6 Å². The number of hydrogen-bond acceptors (Lipinski definition) is 5. The highest BCUT2D eigenvalue weighted by molar-refractivity contribution is 6.28. The van der Waals surface area contributed by atoms with Crippen LogP contribution in [0.5, 0.6) is 0 Å². The fourth-order valence-corrected chi connectivity index (χ4v) is 2.87. The first kappa shape index (κ1) is 16.3. The molecule has 3 rings (SSSR count). The Labute approximate surface area is 143 Å². The Hall–Kier alpha value is -2.61. The van der Waals surface area contributed by atoms with Gasteiger partial charge in [0.15, 0.2) is 0 Å². The lowest BCUT2D eigenvalue weighted by atomic mass is 10.3. The van der Waals surface area contributed by atoms with Crippen LogP contribution in [0, 0.1) is 6.92 Å². The first-order chi connectivity index (χ1) is 11.5. The van der Waals surface area contributed by atoms with Gasteiger partial charge in [0.25, 0.3) is 0 Å². The van der Waals surface area contributed by atoms with Gasteiger partial charge in [0.05, 0.1) is 23.8 Å². The van der Waals surface area contributed by atoms with Crippen molar-refractivity contribution in [1.29, 1.82) is 0 Å². The first-order valence-electron chi connectivity index (χ1n) is 7.48. The second-order valence-electron chi connectivity index (χ2n) is 5.31. The van der Waals surface area contributed by atoms with Gasteiger partial charge in [-0.3, -0.25) is 4.79 Å². The van der Waals surface area contributed by atoms with Crippen LogP contribution in [0.25, 0.3) is 11.0 Å².